The van der Waals surface area contributed by atoms with Gasteiger partial charge in [-0.15, -0.1) is 0 Å². The number of rotatable bonds is 4. The van der Waals surface area contributed by atoms with Crippen LogP contribution in [0.5, 0.6) is 0 Å². The van der Waals surface area contributed by atoms with E-state index < -0.39 is 23.1 Å². The van der Waals surface area contributed by atoms with Gasteiger partial charge in [0.1, 0.15) is 23.5 Å². The molecule has 20 heavy (non-hydrogen) atoms. The molecule has 5 nitrogen and oxygen atoms in total. The van der Waals surface area contributed by atoms with Crippen LogP contribution in [-0.2, 0) is 9.53 Å². The maximum absolute atomic E-state index is 13.9. The van der Waals surface area contributed by atoms with Gasteiger partial charge in [0.05, 0.1) is 19.8 Å². The number of hydrogen-bond donors (Lipinski definition) is 1. The Balaban J connectivity index is 2.23. The highest BCUT2D eigenvalue weighted by Crippen LogP contribution is 2.23. The maximum atomic E-state index is 13.9. The number of benzene rings is 1. The fraction of sp³-hybridized carbons (Fsp3) is 0.385. The van der Waals surface area contributed by atoms with Gasteiger partial charge in [0.2, 0.25) is 0 Å². The van der Waals surface area contributed by atoms with Crippen LogP contribution < -0.4 is 10.2 Å². The molecule has 0 aliphatic carbocycles. The van der Waals surface area contributed by atoms with Crippen molar-refractivity contribution < 1.29 is 23.1 Å². The van der Waals surface area contributed by atoms with Crippen molar-refractivity contribution in [2.24, 2.45) is 0 Å². The molecule has 1 heterocycles. The Kier molecular flexibility index (Phi) is 4.62. The highest BCUT2D eigenvalue weighted by atomic mass is 19.1. The topological polar surface area (TPSA) is 58.6 Å². The molecule has 0 unspecified atom stereocenters. The zero-order chi connectivity index (χ0) is 14.5. The monoisotopic (exact) mass is 284 g/mol. The number of carbonyl (C=O) groups is 2. The summed E-state index contributed by atoms with van der Waals surface area (Å²) < 4.78 is 33.0. The lowest BCUT2D eigenvalue weighted by Gasteiger charge is -2.29. The lowest BCUT2D eigenvalue weighted by molar-refractivity contribution is -0.107. The van der Waals surface area contributed by atoms with Crippen LogP contribution in [0, 0.1) is 11.6 Å². The number of hydrogen-bond acceptors (Lipinski definition) is 4. The molecule has 1 aliphatic rings. The van der Waals surface area contributed by atoms with Crippen LogP contribution in [-0.4, -0.2) is 45.0 Å². The second-order valence-electron chi connectivity index (χ2n) is 4.26. The Hall–Kier alpha value is -2.02. The number of aldehydes is 1. The van der Waals surface area contributed by atoms with Crippen molar-refractivity contribution in [1.29, 1.82) is 0 Å². The lowest BCUT2D eigenvalue weighted by Crippen LogP contribution is -2.36. The molecule has 0 saturated carbocycles. The van der Waals surface area contributed by atoms with Gasteiger partial charge in [-0.2, -0.15) is 0 Å². The highest BCUT2D eigenvalue weighted by Gasteiger charge is 2.21. The molecule has 1 aromatic carbocycles. The summed E-state index contributed by atoms with van der Waals surface area (Å²) >= 11 is 0. The molecule has 1 aliphatic heterocycles. The highest BCUT2D eigenvalue weighted by molar-refractivity contribution is 5.96. The van der Waals surface area contributed by atoms with Crippen LogP contribution >= 0.6 is 0 Å². The van der Waals surface area contributed by atoms with E-state index in [1.807, 2.05) is 0 Å². The van der Waals surface area contributed by atoms with Gasteiger partial charge in [-0.3, -0.25) is 4.79 Å². The fourth-order valence-electron chi connectivity index (χ4n) is 2.00. The van der Waals surface area contributed by atoms with Crippen LogP contribution in [0.4, 0.5) is 14.5 Å². The van der Waals surface area contributed by atoms with Crippen molar-refractivity contribution >= 4 is 17.9 Å². The van der Waals surface area contributed by atoms with Crippen molar-refractivity contribution in [2.45, 2.75) is 0 Å². The number of nitrogens with zero attached hydrogens (tertiary/aromatic N) is 1. The lowest BCUT2D eigenvalue weighted by atomic mass is 10.1. The number of anilines is 1. The molecule has 0 atom stereocenters. The normalized spacial score (nSPS) is 15.0. The Morgan fingerprint density at radius 3 is 2.45 bits per heavy atom. The van der Waals surface area contributed by atoms with Gasteiger partial charge in [0.15, 0.2) is 0 Å². The Labute approximate surface area is 114 Å². The molecule has 0 aromatic heterocycles. The van der Waals surface area contributed by atoms with Gasteiger partial charge in [0, 0.05) is 18.8 Å². The molecule has 1 saturated heterocycles. The number of carbonyl (C=O) groups excluding carboxylic acids is 2. The van der Waals surface area contributed by atoms with Gasteiger partial charge in [-0.25, -0.2) is 8.78 Å². The molecule has 108 valence electrons. The summed E-state index contributed by atoms with van der Waals surface area (Å²) in [6, 6.07) is 2.23. The molecular weight excluding hydrogens is 270 g/mol. The van der Waals surface area contributed by atoms with Gasteiger partial charge in [0.25, 0.3) is 5.91 Å². The third-order valence-corrected chi connectivity index (χ3v) is 2.98. The van der Waals surface area contributed by atoms with E-state index in [0.29, 0.717) is 38.3 Å². The largest absolute Gasteiger partial charge is 0.378 e. The smallest absolute Gasteiger partial charge is 0.257 e. The fourth-order valence-corrected chi connectivity index (χ4v) is 2.00. The molecule has 2 rings (SSSR count). The zero-order valence-electron chi connectivity index (χ0n) is 10.7. The van der Waals surface area contributed by atoms with Crippen molar-refractivity contribution in [1.82, 2.24) is 5.32 Å². The summed E-state index contributed by atoms with van der Waals surface area (Å²) in [5.41, 5.74) is -0.306. The third-order valence-electron chi connectivity index (χ3n) is 2.98. The first kappa shape index (κ1) is 14.4. The average molecular weight is 284 g/mol. The van der Waals surface area contributed by atoms with Gasteiger partial charge in [-0.05, 0) is 12.1 Å². The minimum Gasteiger partial charge on any atom is -0.378 e. The summed E-state index contributed by atoms with van der Waals surface area (Å²) in [7, 11) is 0. The van der Waals surface area contributed by atoms with Crippen LogP contribution in [0.25, 0.3) is 0 Å². The molecular formula is C13H14F2N2O3. The third kappa shape index (κ3) is 3.11. The quantitative estimate of drug-likeness (QED) is 0.828. The standard InChI is InChI=1S/C13H14F2N2O3/c14-10-7-9(17-2-5-20-6-3-17)8-11(15)12(10)13(19)16-1-4-18/h4,7-8H,1-3,5-6H2,(H,16,19). The van der Waals surface area contributed by atoms with E-state index in [0.717, 1.165) is 12.1 Å². The first-order valence-corrected chi connectivity index (χ1v) is 6.17. The molecule has 1 amide bonds. The maximum Gasteiger partial charge on any atom is 0.257 e. The summed E-state index contributed by atoms with van der Waals surface area (Å²) in [4.78, 5) is 23.5. The minimum absolute atomic E-state index is 0.289. The van der Waals surface area contributed by atoms with Crippen LogP contribution in [0.1, 0.15) is 10.4 Å². The molecule has 0 bridgehead atoms. The van der Waals surface area contributed by atoms with Crippen molar-refractivity contribution in [3.63, 3.8) is 0 Å². The number of ether oxygens (including phenoxy) is 1. The Morgan fingerprint density at radius 2 is 1.90 bits per heavy atom. The number of amides is 1. The van der Waals surface area contributed by atoms with Crippen LogP contribution in [0.2, 0.25) is 0 Å². The van der Waals surface area contributed by atoms with Crippen molar-refractivity contribution in [2.75, 3.05) is 37.7 Å². The van der Waals surface area contributed by atoms with Crippen molar-refractivity contribution in [3.05, 3.63) is 29.3 Å². The second-order valence-corrected chi connectivity index (χ2v) is 4.26. The van der Waals surface area contributed by atoms with Crippen molar-refractivity contribution in [3.8, 4) is 0 Å². The summed E-state index contributed by atoms with van der Waals surface area (Å²) in [6.45, 7) is 1.77. The summed E-state index contributed by atoms with van der Waals surface area (Å²) in [5.74, 6) is -2.84. The predicted octanol–water partition coefficient (Wildman–Crippen LogP) is 0.730. The van der Waals surface area contributed by atoms with E-state index in [1.165, 1.54) is 0 Å². The van der Waals surface area contributed by atoms with Gasteiger partial charge < -0.3 is 19.7 Å². The first-order chi connectivity index (χ1) is 9.63. The minimum atomic E-state index is -0.949. The predicted molar refractivity (Wildman–Crippen MR) is 67.8 cm³/mol. The molecule has 1 aromatic rings. The first-order valence-electron chi connectivity index (χ1n) is 6.17. The van der Waals surface area contributed by atoms with Gasteiger partial charge >= 0.3 is 0 Å². The van der Waals surface area contributed by atoms with E-state index in [9.17, 15) is 18.4 Å². The zero-order valence-corrected chi connectivity index (χ0v) is 10.7. The number of halogens is 2. The molecule has 7 heteroatoms. The number of nitrogens with one attached hydrogen (secondary N) is 1. The van der Waals surface area contributed by atoms with E-state index in [4.69, 9.17) is 4.74 Å². The Bertz CT molecular complexity index is 493. The summed E-state index contributed by atoms with van der Waals surface area (Å²) in [5, 5.41) is 2.11. The van der Waals surface area contributed by atoms with E-state index in [1.54, 1.807) is 4.90 Å². The average Bonchev–Trinajstić information content (AvgIpc) is 2.45. The Morgan fingerprint density at radius 1 is 1.30 bits per heavy atom. The van der Waals surface area contributed by atoms with E-state index in [-0.39, 0.29) is 6.54 Å². The molecule has 1 N–H and O–H groups in total. The summed E-state index contributed by atoms with van der Waals surface area (Å²) in [6.07, 6.45) is 0.440. The number of morpholine rings is 1. The second kappa shape index (κ2) is 6.42. The molecule has 1 fully saturated rings. The van der Waals surface area contributed by atoms with E-state index in [2.05, 4.69) is 5.32 Å². The molecule has 0 spiro atoms. The SMILES string of the molecule is O=CCNC(=O)c1c(F)cc(N2CCOCC2)cc1F. The molecule has 0 radical (unpaired) electrons. The van der Waals surface area contributed by atoms with Crippen LogP contribution in [0.15, 0.2) is 12.1 Å². The van der Waals surface area contributed by atoms with Crippen LogP contribution in [0.3, 0.4) is 0 Å². The van der Waals surface area contributed by atoms with E-state index >= 15 is 0 Å². The van der Waals surface area contributed by atoms with Gasteiger partial charge in [-0.1, -0.05) is 0 Å².